The van der Waals surface area contributed by atoms with Crippen molar-refractivity contribution in [3.8, 4) is 5.75 Å². The second kappa shape index (κ2) is 5.21. The fraction of sp³-hybridized carbons (Fsp3) is 0.364. The van der Waals surface area contributed by atoms with Gasteiger partial charge in [0.1, 0.15) is 5.75 Å². The predicted octanol–water partition coefficient (Wildman–Crippen LogP) is 2.58. The number of rotatable bonds is 3. The number of amidine groups is 1. The van der Waals surface area contributed by atoms with Gasteiger partial charge in [-0.25, -0.2) is 0 Å². The molecule has 0 spiro atoms. The molecule has 0 aliphatic rings. The molecule has 0 aliphatic carbocycles. The number of aryl methyl sites for hydroxylation is 2. The van der Waals surface area contributed by atoms with E-state index in [1.54, 1.807) is 6.92 Å². The summed E-state index contributed by atoms with van der Waals surface area (Å²) in [5.74, 6) is 0.760. The maximum Gasteiger partial charge on any atom is 0.180 e. The van der Waals surface area contributed by atoms with Crippen LogP contribution in [0.15, 0.2) is 21.8 Å². The molecule has 0 saturated heterocycles. The molecule has 0 amide bonds. The van der Waals surface area contributed by atoms with Gasteiger partial charge in [-0.05, 0) is 44.0 Å². The van der Waals surface area contributed by atoms with Crippen molar-refractivity contribution in [2.75, 3.05) is 0 Å². The lowest BCUT2D eigenvalue weighted by molar-refractivity contribution is 0.265. The molecule has 1 rings (SSSR count). The molecule has 0 saturated carbocycles. The molecule has 0 aromatic heterocycles. The van der Waals surface area contributed by atoms with Gasteiger partial charge in [0.2, 0.25) is 0 Å². The summed E-state index contributed by atoms with van der Waals surface area (Å²) < 4.78 is 6.61. The maximum atomic E-state index is 8.51. The average molecular weight is 287 g/mol. The molecular weight excluding hydrogens is 272 g/mol. The third kappa shape index (κ3) is 2.88. The Hall–Kier alpha value is -1.23. The van der Waals surface area contributed by atoms with E-state index in [2.05, 4.69) is 21.1 Å². The highest BCUT2D eigenvalue weighted by atomic mass is 79.9. The van der Waals surface area contributed by atoms with Crippen molar-refractivity contribution in [1.29, 1.82) is 0 Å². The van der Waals surface area contributed by atoms with Crippen LogP contribution in [0, 0.1) is 13.8 Å². The van der Waals surface area contributed by atoms with Gasteiger partial charge in [-0.2, -0.15) is 0 Å². The maximum absolute atomic E-state index is 8.51. The average Bonchev–Trinajstić information content (AvgIpc) is 2.24. The lowest BCUT2D eigenvalue weighted by Gasteiger charge is -2.15. The van der Waals surface area contributed by atoms with E-state index >= 15 is 0 Å². The number of oxime groups is 1. The van der Waals surface area contributed by atoms with Crippen molar-refractivity contribution in [3.05, 3.63) is 27.7 Å². The number of ether oxygens (including phenoxy) is 1. The van der Waals surface area contributed by atoms with E-state index in [9.17, 15) is 0 Å². The zero-order chi connectivity index (χ0) is 12.3. The molecule has 1 aromatic rings. The van der Waals surface area contributed by atoms with Crippen LogP contribution >= 0.6 is 15.9 Å². The van der Waals surface area contributed by atoms with Gasteiger partial charge in [0.05, 0.1) is 0 Å². The summed E-state index contributed by atoms with van der Waals surface area (Å²) in [6.07, 6.45) is -0.454. The summed E-state index contributed by atoms with van der Waals surface area (Å²) >= 11 is 3.48. The van der Waals surface area contributed by atoms with Crippen LogP contribution in [0.3, 0.4) is 0 Å². The Morgan fingerprint density at radius 3 is 2.38 bits per heavy atom. The van der Waals surface area contributed by atoms with Crippen molar-refractivity contribution in [2.45, 2.75) is 26.9 Å². The zero-order valence-corrected chi connectivity index (χ0v) is 11.1. The topological polar surface area (TPSA) is 67.8 Å². The van der Waals surface area contributed by atoms with Crippen LogP contribution in [0.5, 0.6) is 5.75 Å². The molecular formula is C11H15BrN2O2. The first kappa shape index (κ1) is 12.8. The molecule has 1 aromatic carbocycles. The Bertz CT molecular complexity index is 395. The van der Waals surface area contributed by atoms with Gasteiger partial charge in [0, 0.05) is 4.47 Å². The first-order chi connectivity index (χ1) is 7.45. The molecule has 88 valence electrons. The smallest absolute Gasteiger partial charge is 0.180 e. The summed E-state index contributed by atoms with van der Waals surface area (Å²) in [6, 6.07) is 3.80. The molecule has 1 atom stereocenters. The minimum absolute atomic E-state index is 0.0539. The van der Waals surface area contributed by atoms with Gasteiger partial charge >= 0.3 is 0 Å². The Labute approximate surface area is 103 Å². The van der Waals surface area contributed by atoms with Crippen molar-refractivity contribution < 1.29 is 9.94 Å². The summed E-state index contributed by atoms with van der Waals surface area (Å²) in [4.78, 5) is 0. The highest BCUT2D eigenvalue weighted by molar-refractivity contribution is 9.10. The monoisotopic (exact) mass is 286 g/mol. The van der Waals surface area contributed by atoms with E-state index in [1.807, 2.05) is 26.0 Å². The molecule has 0 aliphatic heterocycles. The van der Waals surface area contributed by atoms with E-state index in [0.717, 1.165) is 15.6 Å². The Balaban J connectivity index is 2.91. The van der Waals surface area contributed by atoms with Gasteiger partial charge in [-0.3, -0.25) is 0 Å². The highest BCUT2D eigenvalue weighted by Gasteiger charge is 2.10. The third-order valence-corrected chi connectivity index (χ3v) is 3.51. The van der Waals surface area contributed by atoms with Crippen LogP contribution in [0.25, 0.3) is 0 Å². The molecule has 0 radical (unpaired) electrons. The largest absolute Gasteiger partial charge is 0.483 e. The Morgan fingerprint density at radius 1 is 1.44 bits per heavy atom. The second-order valence-corrected chi connectivity index (χ2v) is 4.45. The van der Waals surface area contributed by atoms with E-state index in [1.165, 1.54) is 0 Å². The summed E-state index contributed by atoms with van der Waals surface area (Å²) in [5.41, 5.74) is 7.61. The first-order valence-corrected chi connectivity index (χ1v) is 5.65. The van der Waals surface area contributed by atoms with Crippen LogP contribution < -0.4 is 10.5 Å². The Morgan fingerprint density at radius 2 is 1.94 bits per heavy atom. The molecule has 4 nitrogen and oxygen atoms in total. The van der Waals surface area contributed by atoms with E-state index in [4.69, 9.17) is 15.7 Å². The van der Waals surface area contributed by atoms with Crippen molar-refractivity contribution in [3.63, 3.8) is 0 Å². The van der Waals surface area contributed by atoms with Gasteiger partial charge in [-0.1, -0.05) is 21.1 Å². The number of nitrogens with zero attached hydrogens (tertiary/aromatic N) is 1. The van der Waals surface area contributed by atoms with Gasteiger partial charge < -0.3 is 15.7 Å². The van der Waals surface area contributed by atoms with Gasteiger partial charge in [0.25, 0.3) is 0 Å². The van der Waals surface area contributed by atoms with Gasteiger partial charge in [-0.15, -0.1) is 0 Å². The number of benzene rings is 1. The minimum atomic E-state index is -0.454. The van der Waals surface area contributed by atoms with E-state index in [-0.39, 0.29) is 5.84 Å². The fourth-order valence-electron chi connectivity index (χ4n) is 1.32. The van der Waals surface area contributed by atoms with Crippen LogP contribution in [-0.2, 0) is 0 Å². The number of hydrogen-bond acceptors (Lipinski definition) is 3. The highest BCUT2D eigenvalue weighted by Crippen LogP contribution is 2.26. The standard InChI is InChI=1S/C11H15BrN2O2/c1-6-4-9(5-7(2)10(6)12)16-8(3)11(13)14-15/h4-5,8,15H,1-3H3,(H2,13,14). The first-order valence-electron chi connectivity index (χ1n) is 4.86. The fourth-order valence-corrected chi connectivity index (χ4v) is 1.55. The molecule has 1 unspecified atom stereocenters. The number of halogens is 1. The van der Waals surface area contributed by atoms with Crippen LogP contribution in [0.1, 0.15) is 18.1 Å². The lowest BCUT2D eigenvalue weighted by Crippen LogP contribution is -2.31. The molecule has 0 fully saturated rings. The van der Waals surface area contributed by atoms with E-state index < -0.39 is 6.10 Å². The van der Waals surface area contributed by atoms with Crippen molar-refractivity contribution in [2.24, 2.45) is 10.9 Å². The molecule has 0 bridgehead atoms. The lowest BCUT2D eigenvalue weighted by atomic mass is 10.1. The molecule has 0 heterocycles. The summed E-state index contributed by atoms with van der Waals surface area (Å²) in [5, 5.41) is 11.4. The predicted molar refractivity (Wildman–Crippen MR) is 67.1 cm³/mol. The summed E-state index contributed by atoms with van der Waals surface area (Å²) in [6.45, 7) is 5.69. The third-order valence-electron chi connectivity index (χ3n) is 2.25. The van der Waals surface area contributed by atoms with Crippen molar-refractivity contribution in [1.82, 2.24) is 0 Å². The van der Waals surface area contributed by atoms with E-state index in [0.29, 0.717) is 5.75 Å². The number of nitrogens with two attached hydrogens (primary N) is 1. The minimum Gasteiger partial charge on any atom is -0.483 e. The van der Waals surface area contributed by atoms with Crippen LogP contribution in [0.4, 0.5) is 0 Å². The van der Waals surface area contributed by atoms with Gasteiger partial charge in [0.15, 0.2) is 11.9 Å². The SMILES string of the molecule is Cc1cc(OC(C)/C(N)=N/O)cc(C)c1Br. The summed E-state index contributed by atoms with van der Waals surface area (Å²) in [7, 11) is 0. The number of hydrogen-bond donors (Lipinski definition) is 2. The molecule has 5 heteroatoms. The quantitative estimate of drug-likeness (QED) is 0.388. The van der Waals surface area contributed by atoms with Crippen LogP contribution in [0.2, 0.25) is 0 Å². The second-order valence-electron chi connectivity index (χ2n) is 3.66. The zero-order valence-electron chi connectivity index (χ0n) is 9.49. The normalized spacial score (nSPS) is 13.6. The Kier molecular flexibility index (Phi) is 4.18. The van der Waals surface area contributed by atoms with Crippen molar-refractivity contribution >= 4 is 21.8 Å². The molecule has 3 N–H and O–H groups in total. The molecule has 16 heavy (non-hydrogen) atoms. The van der Waals surface area contributed by atoms with Crippen LogP contribution in [-0.4, -0.2) is 17.1 Å².